The lowest BCUT2D eigenvalue weighted by atomic mass is 9.99. The number of rotatable bonds is 6. The predicted octanol–water partition coefficient (Wildman–Crippen LogP) is 0.775. The first kappa shape index (κ1) is 14.5. The number of aryl methyl sites for hydroxylation is 1. The highest BCUT2D eigenvalue weighted by Crippen LogP contribution is 2.29. The largest absolute Gasteiger partial charge is 0.497 e. The van der Waals surface area contributed by atoms with Crippen molar-refractivity contribution in [1.82, 2.24) is 5.32 Å². The number of methoxy groups -OCH3 is 2. The Balaban J connectivity index is 3.18. The topological polar surface area (TPSA) is 67.8 Å². The maximum atomic E-state index is 12.1. The Morgan fingerprint density at radius 1 is 1.39 bits per heavy atom. The number of benzene rings is 1. The molecule has 2 N–H and O–H groups in total. The van der Waals surface area contributed by atoms with E-state index >= 15 is 0 Å². The zero-order valence-corrected chi connectivity index (χ0v) is 11.1. The molecule has 1 aromatic carbocycles. The van der Waals surface area contributed by atoms with Gasteiger partial charge in [-0.05, 0) is 25.6 Å². The van der Waals surface area contributed by atoms with E-state index in [-0.39, 0.29) is 12.3 Å². The van der Waals surface area contributed by atoms with Crippen molar-refractivity contribution in [1.29, 1.82) is 0 Å². The minimum absolute atomic E-state index is 0.202. The number of ketones is 1. The molecular weight excluding hydrogens is 234 g/mol. The summed E-state index contributed by atoms with van der Waals surface area (Å²) >= 11 is 0. The van der Waals surface area contributed by atoms with Crippen LogP contribution >= 0.6 is 0 Å². The van der Waals surface area contributed by atoms with E-state index in [2.05, 4.69) is 5.32 Å². The first-order valence-corrected chi connectivity index (χ1v) is 5.64. The number of likely N-dealkylation sites (N-methyl/N-ethyl adjacent to an activating group) is 1. The first-order chi connectivity index (χ1) is 8.54. The zero-order chi connectivity index (χ0) is 13.7. The third-order valence-corrected chi connectivity index (χ3v) is 2.67. The van der Waals surface area contributed by atoms with Crippen molar-refractivity contribution in [3.8, 4) is 11.5 Å². The minimum Gasteiger partial charge on any atom is -0.497 e. The molecule has 5 heteroatoms. The van der Waals surface area contributed by atoms with Crippen molar-refractivity contribution in [2.24, 2.45) is 0 Å². The summed E-state index contributed by atoms with van der Waals surface area (Å²) in [7, 11) is 4.70. The van der Waals surface area contributed by atoms with Crippen LogP contribution in [0, 0.1) is 6.92 Å². The highest BCUT2D eigenvalue weighted by molar-refractivity contribution is 6.03. The van der Waals surface area contributed by atoms with Gasteiger partial charge in [-0.15, -0.1) is 0 Å². The Morgan fingerprint density at radius 2 is 2.06 bits per heavy atom. The third kappa shape index (κ3) is 3.00. The summed E-state index contributed by atoms with van der Waals surface area (Å²) < 4.78 is 10.3. The molecule has 1 atom stereocenters. The van der Waals surface area contributed by atoms with E-state index in [1.165, 1.54) is 7.11 Å². The van der Waals surface area contributed by atoms with E-state index in [0.717, 1.165) is 0 Å². The third-order valence-electron chi connectivity index (χ3n) is 2.67. The molecule has 100 valence electrons. The fourth-order valence-electron chi connectivity index (χ4n) is 1.77. The van der Waals surface area contributed by atoms with Gasteiger partial charge in [0.1, 0.15) is 17.6 Å². The predicted molar refractivity (Wildman–Crippen MR) is 68.5 cm³/mol. The fourth-order valence-corrected chi connectivity index (χ4v) is 1.77. The molecule has 1 unspecified atom stereocenters. The Kier molecular flexibility index (Phi) is 5.12. The molecule has 0 heterocycles. The van der Waals surface area contributed by atoms with E-state index < -0.39 is 6.10 Å². The molecule has 1 rings (SSSR count). The van der Waals surface area contributed by atoms with Crippen molar-refractivity contribution in [2.75, 3.05) is 27.8 Å². The van der Waals surface area contributed by atoms with Gasteiger partial charge in [0.2, 0.25) is 0 Å². The van der Waals surface area contributed by atoms with Gasteiger partial charge >= 0.3 is 0 Å². The summed E-state index contributed by atoms with van der Waals surface area (Å²) in [4.78, 5) is 12.1. The second-order valence-electron chi connectivity index (χ2n) is 3.96. The summed E-state index contributed by atoms with van der Waals surface area (Å²) in [5.74, 6) is 0.664. The molecule has 0 aliphatic rings. The number of hydrogen-bond donors (Lipinski definition) is 2. The molecule has 0 fully saturated rings. The lowest BCUT2D eigenvalue weighted by Crippen LogP contribution is -2.32. The van der Waals surface area contributed by atoms with Gasteiger partial charge in [-0.3, -0.25) is 4.79 Å². The van der Waals surface area contributed by atoms with Crippen LogP contribution in [0.3, 0.4) is 0 Å². The lowest BCUT2D eigenvalue weighted by Gasteiger charge is -2.15. The average molecular weight is 253 g/mol. The van der Waals surface area contributed by atoms with Gasteiger partial charge in [0.05, 0.1) is 19.8 Å². The highest BCUT2D eigenvalue weighted by atomic mass is 16.5. The Bertz CT molecular complexity index is 431. The average Bonchev–Trinajstić information content (AvgIpc) is 2.37. The van der Waals surface area contributed by atoms with Crippen LogP contribution in [0.15, 0.2) is 12.1 Å². The van der Waals surface area contributed by atoms with Crippen molar-refractivity contribution >= 4 is 5.78 Å². The Labute approximate surface area is 107 Å². The molecule has 0 radical (unpaired) electrons. The van der Waals surface area contributed by atoms with Gasteiger partial charge < -0.3 is 19.9 Å². The molecule has 0 saturated heterocycles. The number of carbonyl (C=O) groups excluding carboxylic acids is 1. The second-order valence-corrected chi connectivity index (χ2v) is 3.96. The monoisotopic (exact) mass is 253 g/mol. The summed E-state index contributed by atoms with van der Waals surface area (Å²) in [6.45, 7) is 1.98. The van der Waals surface area contributed by atoms with Gasteiger partial charge in [-0.1, -0.05) is 0 Å². The Hall–Kier alpha value is -1.59. The van der Waals surface area contributed by atoms with Crippen molar-refractivity contribution < 1.29 is 19.4 Å². The molecule has 0 aliphatic heterocycles. The molecule has 0 amide bonds. The van der Waals surface area contributed by atoms with Gasteiger partial charge in [0, 0.05) is 12.6 Å². The number of Topliss-reactive ketones (excluding diaryl/α,β-unsaturated/α-hetero) is 1. The van der Waals surface area contributed by atoms with Crippen LogP contribution in [0.4, 0.5) is 0 Å². The summed E-state index contributed by atoms with van der Waals surface area (Å²) in [5.41, 5.74) is 1.10. The molecular formula is C13H19NO4. The number of nitrogens with one attached hydrogen (secondary N) is 1. The van der Waals surface area contributed by atoms with Crippen molar-refractivity contribution in [2.45, 2.75) is 13.0 Å². The van der Waals surface area contributed by atoms with E-state index in [1.54, 1.807) is 33.2 Å². The molecule has 0 aromatic heterocycles. The minimum atomic E-state index is -1.09. The number of aliphatic hydroxyl groups excluding tert-OH is 1. The SMILES string of the molecule is CNCC(O)C(=O)c1c(C)cc(OC)cc1OC. The molecule has 0 bridgehead atoms. The molecule has 0 aliphatic carbocycles. The number of hydrogen-bond acceptors (Lipinski definition) is 5. The molecule has 18 heavy (non-hydrogen) atoms. The molecule has 0 saturated carbocycles. The maximum Gasteiger partial charge on any atom is 0.196 e. The molecule has 5 nitrogen and oxygen atoms in total. The quantitative estimate of drug-likeness (QED) is 0.733. The van der Waals surface area contributed by atoms with Gasteiger partial charge in [0.15, 0.2) is 5.78 Å². The summed E-state index contributed by atoms with van der Waals surface area (Å²) in [6.07, 6.45) is -1.09. The van der Waals surface area contributed by atoms with E-state index in [9.17, 15) is 9.90 Å². The summed E-state index contributed by atoms with van der Waals surface area (Å²) in [5, 5.41) is 12.5. The highest BCUT2D eigenvalue weighted by Gasteiger charge is 2.23. The Morgan fingerprint density at radius 3 is 2.56 bits per heavy atom. The van der Waals surface area contributed by atoms with Crippen LogP contribution in [0.25, 0.3) is 0 Å². The van der Waals surface area contributed by atoms with Crippen molar-refractivity contribution in [3.05, 3.63) is 23.3 Å². The second kappa shape index (κ2) is 6.37. The van der Waals surface area contributed by atoms with Gasteiger partial charge in [0.25, 0.3) is 0 Å². The number of ether oxygens (including phenoxy) is 2. The summed E-state index contributed by atoms with van der Waals surface area (Å²) in [6, 6.07) is 3.37. The molecule has 1 aromatic rings. The van der Waals surface area contributed by atoms with Crippen LogP contribution in [0.2, 0.25) is 0 Å². The zero-order valence-electron chi connectivity index (χ0n) is 11.1. The van der Waals surface area contributed by atoms with E-state index in [4.69, 9.17) is 9.47 Å². The molecule has 0 spiro atoms. The standard InChI is InChI=1S/C13H19NO4/c1-8-5-9(17-3)6-11(18-4)12(8)13(16)10(15)7-14-2/h5-6,10,14-15H,7H2,1-4H3. The van der Waals surface area contributed by atoms with E-state index in [1.807, 2.05) is 0 Å². The van der Waals surface area contributed by atoms with E-state index in [0.29, 0.717) is 22.6 Å². The van der Waals surface area contributed by atoms with Gasteiger partial charge in [-0.25, -0.2) is 0 Å². The number of carbonyl (C=O) groups is 1. The smallest absolute Gasteiger partial charge is 0.196 e. The van der Waals surface area contributed by atoms with Crippen LogP contribution in [-0.4, -0.2) is 44.8 Å². The normalized spacial score (nSPS) is 12.1. The van der Waals surface area contributed by atoms with Gasteiger partial charge in [-0.2, -0.15) is 0 Å². The number of aliphatic hydroxyl groups is 1. The first-order valence-electron chi connectivity index (χ1n) is 5.64. The van der Waals surface area contributed by atoms with Crippen LogP contribution in [-0.2, 0) is 0 Å². The van der Waals surface area contributed by atoms with Crippen LogP contribution in [0.1, 0.15) is 15.9 Å². The van der Waals surface area contributed by atoms with Crippen molar-refractivity contribution in [3.63, 3.8) is 0 Å². The van der Waals surface area contributed by atoms with Crippen LogP contribution < -0.4 is 14.8 Å². The lowest BCUT2D eigenvalue weighted by molar-refractivity contribution is 0.0746. The van der Waals surface area contributed by atoms with Crippen LogP contribution in [0.5, 0.6) is 11.5 Å². The maximum absolute atomic E-state index is 12.1. The fraction of sp³-hybridized carbons (Fsp3) is 0.462.